The van der Waals surface area contributed by atoms with E-state index in [-0.39, 0.29) is 29.0 Å². The third-order valence-corrected chi connectivity index (χ3v) is 5.53. The smallest absolute Gasteiger partial charge is 0.242 e. The maximum atomic E-state index is 12.8. The Morgan fingerprint density at radius 1 is 1.35 bits per heavy atom. The molecule has 0 saturated carbocycles. The lowest BCUT2D eigenvalue weighted by Crippen LogP contribution is -2.46. The highest BCUT2D eigenvalue weighted by molar-refractivity contribution is 7.91. The van der Waals surface area contributed by atoms with Gasteiger partial charge in [0.25, 0.3) is 0 Å². The topological polar surface area (TPSA) is 83.6 Å². The van der Waals surface area contributed by atoms with Gasteiger partial charge in [0.15, 0.2) is 9.84 Å². The van der Waals surface area contributed by atoms with E-state index < -0.39 is 21.7 Å². The Morgan fingerprint density at radius 3 is 2.57 bits per heavy atom. The molecule has 1 aromatic rings. The standard InChI is InChI=1S/C15H19FN2O4S/c1-11(18-9-2-3-14(18)19)15(20)17-8-10-23(21,22)13-6-4-12(16)5-7-13/h4-7,11H,2-3,8-10H2,1H3,(H,17,20). The summed E-state index contributed by atoms with van der Waals surface area (Å²) in [5, 5.41) is 2.53. The van der Waals surface area contributed by atoms with Crippen LogP contribution >= 0.6 is 0 Å². The highest BCUT2D eigenvalue weighted by Crippen LogP contribution is 2.14. The normalized spacial score (nSPS) is 16.4. The first-order valence-corrected chi connectivity index (χ1v) is 9.02. The highest BCUT2D eigenvalue weighted by Gasteiger charge is 2.29. The minimum Gasteiger partial charge on any atom is -0.353 e. The van der Waals surface area contributed by atoms with Crippen LogP contribution in [0.25, 0.3) is 0 Å². The van der Waals surface area contributed by atoms with E-state index in [2.05, 4.69) is 5.32 Å². The van der Waals surface area contributed by atoms with Gasteiger partial charge >= 0.3 is 0 Å². The van der Waals surface area contributed by atoms with Gasteiger partial charge in [-0.1, -0.05) is 0 Å². The second-order valence-electron chi connectivity index (χ2n) is 5.43. The Labute approximate surface area is 134 Å². The molecule has 8 heteroatoms. The van der Waals surface area contributed by atoms with E-state index >= 15 is 0 Å². The van der Waals surface area contributed by atoms with Crippen LogP contribution in [0.5, 0.6) is 0 Å². The van der Waals surface area contributed by atoms with E-state index in [0.717, 1.165) is 18.6 Å². The Balaban J connectivity index is 1.87. The molecular weight excluding hydrogens is 323 g/mol. The van der Waals surface area contributed by atoms with Crippen molar-refractivity contribution in [1.82, 2.24) is 10.2 Å². The van der Waals surface area contributed by atoms with E-state index in [1.807, 2.05) is 0 Å². The van der Waals surface area contributed by atoms with E-state index in [9.17, 15) is 22.4 Å². The average molecular weight is 342 g/mol. The number of likely N-dealkylation sites (tertiary alicyclic amines) is 1. The number of hydrogen-bond acceptors (Lipinski definition) is 4. The van der Waals surface area contributed by atoms with Crippen molar-refractivity contribution in [3.8, 4) is 0 Å². The minimum absolute atomic E-state index is 0.0101. The van der Waals surface area contributed by atoms with Crippen LogP contribution < -0.4 is 5.32 Å². The maximum absolute atomic E-state index is 12.8. The summed E-state index contributed by atoms with van der Waals surface area (Å²) in [6.07, 6.45) is 1.17. The third-order valence-electron chi connectivity index (χ3n) is 3.80. The van der Waals surface area contributed by atoms with Gasteiger partial charge in [-0.25, -0.2) is 12.8 Å². The fraction of sp³-hybridized carbons (Fsp3) is 0.467. The number of hydrogen-bond donors (Lipinski definition) is 1. The lowest BCUT2D eigenvalue weighted by Gasteiger charge is -2.23. The number of carbonyl (C=O) groups excluding carboxylic acids is 2. The fourth-order valence-corrected chi connectivity index (χ4v) is 3.59. The van der Waals surface area contributed by atoms with Gasteiger partial charge in [0.1, 0.15) is 11.9 Å². The molecule has 23 heavy (non-hydrogen) atoms. The van der Waals surface area contributed by atoms with Gasteiger partial charge in [0, 0.05) is 19.5 Å². The zero-order valence-corrected chi connectivity index (χ0v) is 13.6. The predicted molar refractivity (Wildman–Crippen MR) is 81.9 cm³/mol. The molecule has 0 aliphatic carbocycles. The fourth-order valence-electron chi connectivity index (χ4n) is 2.44. The third kappa shape index (κ3) is 4.28. The molecule has 1 aromatic carbocycles. The second-order valence-corrected chi connectivity index (χ2v) is 7.54. The van der Waals surface area contributed by atoms with Crippen molar-refractivity contribution in [3.63, 3.8) is 0 Å². The molecule has 1 aliphatic heterocycles. The zero-order chi connectivity index (χ0) is 17.0. The monoisotopic (exact) mass is 342 g/mol. The molecule has 0 spiro atoms. The van der Waals surface area contributed by atoms with Crippen LogP contribution in [-0.4, -0.2) is 50.0 Å². The molecule has 0 radical (unpaired) electrons. The van der Waals surface area contributed by atoms with Gasteiger partial charge in [-0.15, -0.1) is 0 Å². The van der Waals surface area contributed by atoms with Crippen molar-refractivity contribution in [2.75, 3.05) is 18.8 Å². The number of rotatable bonds is 6. The molecule has 2 amide bonds. The predicted octanol–water partition coefficient (Wildman–Crippen LogP) is 0.726. The number of benzene rings is 1. The van der Waals surface area contributed by atoms with Crippen LogP contribution in [0.3, 0.4) is 0 Å². The molecule has 1 saturated heterocycles. The number of carbonyl (C=O) groups is 2. The van der Waals surface area contributed by atoms with E-state index in [0.29, 0.717) is 13.0 Å². The number of sulfone groups is 1. The molecule has 1 fully saturated rings. The van der Waals surface area contributed by atoms with E-state index in [1.54, 1.807) is 6.92 Å². The summed E-state index contributed by atoms with van der Waals surface area (Å²) >= 11 is 0. The molecule has 2 rings (SSSR count). The Morgan fingerprint density at radius 2 is 2.00 bits per heavy atom. The number of nitrogens with zero attached hydrogens (tertiary/aromatic N) is 1. The average Bonchev–Trinajstić information content (AvgIpc) is 2.92. The first kappa shape index (κ1) is 17.4. The lowest BCUT2D eigenvalue weighted by atomic mass is 10.3. The second kappa shape index (κ2) is 7.08. The van der Waals surface area contributed by atoms with Gasteiger partial charge in [0.05, 0.1) is 10.6 Å². The molecule has 1 N–H and O–H groups in total. The van der Waals surface area contributed by atoms with Crippen molar-refractivity contribution in [2.45, 2.75) is 30.7 Å². The van der Waals surface area contributed by atoms with Crippen molar-refractivity contribution >= 4 is 21.7 Å². The van der Waals surface area contributed by atoms with Crippen LogP contribution in [0.4, 0.5) is 4.39 Å². The van der Waals surface area contributed by atoms with Gasteiger partial charge in [-0.2, -0.15) is 0 Å². The first-order valence-electron chi connectivity index (χ1n) is 7.37. The highest BCUT2D eigenvalue weighted by atomic mass is 32.2. The van der Waals surface area contributed by atoms with Crippen LogP contribution in [0.15, 0.2) is 29.2 Å². The molecule has 1 aliphatic rings. The summed E-state index contributed by atoms with van der Waals surface area (Å²) in [6.45, 7) is 2.10. The molecular formula is C15H19FN2O4S. The summed E-state index contributed by atoms with van der Waals surface area (Å²) in [5.41, 5.74) is 0. The van der Waals surface area contributed by atoms with Crippen molar-refractivity contribution in [3.05, 3.63) is 30.1 Å². The zero-order valence-electron chi connectivity index (χ0n) is 12.8. The SMILES string of the molecule is CC(C(=O)NCCS(=O)(=O)c1ccc(F)cc1)N1CCCC1=O. The van der Waals surface area contributed by atoms with Crippen LogP contribution in [0.1, 0.15) is 19.8 Å². The quantitative estimate of drug-likeness (QED) is 0.773. The van der Waals surface area contributed by atoms with Gasteiger partial charge in [-0.05, 0) is 37.6 Å². The largest absolute Gasteiger partial charge is 0.353 e. The summed E-state index contributed by atoms with van der Waals surface area (Å²) < 4.78 is 36.9. The molecule has 0 bridgehead atoms. The lowest BCUT2D eigenvalue weighted by molar-refractivity contribution is -0.136. The molecule has 1 heterocycles. The summed E-state index contributed by atoms with van der Waals surface area (Å²) in [5.74, 6) is -1.24. The Kier molecular flexibility index (Phi) is 5.35. The number of halogens is 1. The minimum atomic E-state index is -3.59. The van der Waals surface area contributed by atoms with Crippen molar-refractivity contribution in [1.29, 1.82) is 0 Å². The molecule has 6 nitrogen and oxygen atoms in total. The maximum Gasteiger partial charge on any atom is 0.242 e. The molecule has 1 unspecified atom stereocenters. The molecule has 126 valence electrons. The summed E-state index contributed by atoms with van der Waals surface area (Å²) in [7, 11) is -3.59. The van der Waals surface area contributed by atoms with Gasteiger partial charge in [-0.3, -0.25) is 9.59 Å². The van der Waals surface area contributed by atoms with Crippen LogP contribution in [-0.2, 0) is 19.4 Å². The Bertz CT molecular complexity index is 688. The first-order chi connectivity index (χ1) is 10.8. The van der Waals surface area contributed by atoms with E-state index in [4.69, 9.17) is 0 Å². The summed E-state index contributed by atoms with van der Waals surface area (Å²) in [4.78, 5) is 25.1. The Hall–Kier alpha value is -1.96. The van der Waals surface area contributed by atoms with Gasteiger partial charge < -0.3 is 10.2 Å². The number of nitrogens with one attached hydrogen (secondary N) is 1. The molecule has 1 atom stereocenters. The van der Waals surface area contributed by atoms with Gasteiger partial charge in [0.2, 0.25) is 11.8 Å². The van der Waals surface area contributed by atoms with E-state index in [1.165, 1.54) is 17.0 Å². The number of amides is 2. The van der Waals surface area contributed by atoms with Crippen LogP contribution in [0.2, 0.25) is 0 Å². The summed E-state index contributed by atoms with van der Waals surface area (Å²) in [6, 6.07) is 3.92. The van der Waals surface area contributed by atoms with Crippen LogP contribution in [0, 0.1) is 5.82 Å². The molecule has 0 aromatic heterocycles. The van der Waals surface area contributed by atoms with Crippen molar-refractivity contribution < 1.29 is 22.4 Å². The van der Waals surface area contributed by atoms with Crippen molar-refractivity contribution in [2.24, 2.45) is 0 Å².